The maximum Gasteiger partial charge on any atom is 0.516 e. The second-order valence-corrected chi connectivity index (χ2v) is 5.37. The lowest BCUT2D eigenvalue weighted by molar-refractivity contribution is -0.147. The third-order valence-electron chi connectivity index (χ3n) is 2.13. The van der Waals surface area contributed by atoms with E-state index < -0.39 is 29.7 Å². The molecular weight excluding hydrogens is 252 g/mol. The maximum atomic E-state index is 11.8. The SMILES string of the molecule is CN(C)[C@H](CCC(N)=O)C(=O)OC(=O)OC(C)(C)C. The van der Waals surface area contributed by atoms with Crippen molar-refractivity contribution in [2.24, 2.45) is 5.73 Å². The average Bonchev–Trinajstić information content (AvgIpc) is 2.12. The van der Waals surface area contributed by atoms with E-state index in [0.717, 1.165) is 0 Å². The zero-order valence-electron chi connectivity index (χ0n) is 12.1. The standard InChI is InChI=1S/C12H22N2O5/c1-12(2,3)19-11(17)18-10(16)8(14(4)5)6-7-9(13)15/h8H,6-7H2,1-5H3,(H2,13,15)/t8-/m1/s1. The second-order valence-electron chi connectivity index (χ2n) is 5.37. The highest BCUT2D eigenvalue weighted by Crippen LogP contribution is 2.11. The Hall–Kier alpha value is -1.63. The number of hydrogen-bond donors (Lipinski definition) is 1. The Labute approximate surface area is 113 Å². The molecule has 0 aromatic heterocycles. The number of esters is 1. The van der Waals surface area contributed by atoms with Gasteiger partial charge in [-0.15, -0.1) is 0 Å². The molecule has 7 heteroatoms. The molecule has 0 bridgehead atoms. The molecule has 1 amide bonds. The molecule has 0 fully saturated rings. The number of carbonyl (C=O) groups is 3. The topological polar surface area (TPSA) is 98.9 Å². The summed E-state index contributed by atoms with van der Waals surface area (Å²) < 4.78 is 9.46. The summed E-state index contributed by atoms with van der Waals surface area (Å²) in [6, 6.07) is -0.722. The highest BCUT2D eigenvalue weighted by molar-refractivity contribution is 5.86. The van der Waals surface area contributed by atoms with Gasteiger partial charge >= 0.3 is 12.1 Å². The van der Waals surface area contributed by atoms with E-state index in [9.17, 15) is 14.4 Å². The molecule has 0 heterocycles. The van der Waals surface area contributed by atoms with E-state index in [1.807, 2.05) is 0 Å². The van der Waals surface area contributed by atoms with Crippen LogP contribution in [0.5, 0.6) is 0 Å². The normalized spacial score (nSPS) is 12.9. The van der Waals surface area contributed by atoms with Crippen molar-refractivity contribution in [3.8, 4) is 0 Å². The number of ether oxygens (including phenoxy) is 2. The lowest BCUT2D eigenvalue weighted by atomic mass is 10.1. The van der Waals surface area contributed by atoms with Gasteiger partial charge in [0.15, 0.2) is 0 Å². The fourth-order valence-corrected chi connectivity index (χ4v) is 1.29. The van der Waals surface area contributed by atoms with Gasteiger partial charge in [0.2, 0.25) is 5.91 Å². The Morgan fingerprint density at radius 3 is 2.11 bits per heavy atom. The Kier molecular flexibility index (Phi) is 6.47. The zero-order valence-corrected chi connectivity index (χ0v) is 12.1. The Bertz CT molecular complexity index is 347. The smallest absolute Gasteiger partial charge is 0.428 e. The number of amides is 1. The van der Waals surface area contributed by atoms with E-state index in [1.54, 1.807) is 39.8 Å². The van der Waals surface area contributed by atoms with Crippen LogP contribution in [0.4, 0.5) is 4.79 Å². The van der Waals surface area contributed by atoms with Crippen LogP contribution in [0.1, 0.15) is 33.6 Å². The largest absolute Gasteiger partial charge is 0.516 e. The third-order valence-corrected chi connectivity index (χ3v) is 2.13. The summed E-state index contributed by atoms with van der Waals surface area (Å²) in [6.45, 7) is 4.99. The first-order chi connectivity index (χ1) is 8.53. The first-order valence-electron chi connectivity index (χ1n) is 5.92. The molecule has 7 nitrogen and oxygen atoms in total. The number of rotatable bonds is 5. The maximum absolute atomic E-state index is 11.8. The lowest BCUT2D eigenvalue weighted by Crippen LogP contribution is -2.39. The predicted molar refractivity (Wildman–Crippen MR) is 68.2 cm³/mol. The van der Waals surface area contributed by atoms with Crippen molar-refractivity contribution < 1.29 is 23.9 Å². The highest BCUT2D eigenvalue weighted by atomic mass is 16.7. The summed E-state index contributed by atoms with van der Waals surface area (Å²) in [7, 11) is 3.28. The van der Waals surface area contributed by atoms with E-state index in [0.29, 0.717) is 0 Å². The van der Waals surface area contributed by atoms with E-state index >= 15 is 0 Å². The number of carbonyl (C=O) groups excluding carboxylic acids is 3. The van der Waals surface area contributed by atoms with Crippen molar-refractivity contribution >= 4 is 18.0 Å². The Morgan fingerprint density at radius 2 is 1.74 bits per heavy atom. The van der Waals surface area contributed by atoms with Gasteiger partial charge in [0.25, 0.3) is 0 Å². The molecule has 0 saturated heterocycles. The monoisotopic (exact) mass is 274 g/mol. The molecule has 0 aromatic rings. The van der Waals surface area contributed by atoms with Crippen molar-refractivity contribution in [1.82, 2.24) is 4.90 Å². The van der Waals surface area contributed by atoms with Gasteiger partial charge in [-0.2, -0.15) is 0 Å². The fourth-order valence-electron chi connectivity index (χ4n) is 1.29. The van der Waals surface area contributed by atoms with Crippen LogP contribution in [0.15, 0.2) is 0 Å². The number of primary amides is 1. The van der Waals surface area contributed by atoms with Gasteiger partial charge in [-0.3, -0.25) is 9.69 Å². The average molecular weight is 274 g/mol. The van der Waals surface area contributed by atoms with Crippen molar-refractivity contribution in [3.05, 3.63) is 0 Å². The van der Waals surface area contributed by atoms with Crippen molar-refractivity contribution in [1.29, 1.82) is 0 Å². The lowest BCUT2D eigenvalue weighted by Gasteiger charge is -2.23. The molecule has 0 saturated carbocycles. The summed E-state index contributed by atoms with van der Waals surface area (Å²) in [5, 5.41) is 0. The minimum Gasteiger partial charge on any atom is -0.428 e. The molecule has 0 aliphatic rings. The minimum absolute atomic E-state index is 0.0340. The summed E-state index contributed by atoms with van der Waals surface area (Å²) in [5.74, 6) is -1.28. The van der Waals surface area contributed by atoms with Gasteiger partial charge in [0, 0.05) is 6.42 Å². The van der Waals surface area contributed by atoms with Crippen molar-refractivity contribution in [2.75, 3.05) is 14.1 Å². The van der Waals surface area contributed by atoms with Crippen LogP contribution in [0.3, 0.4) is 0 Å². The zero-order chi connectivity index (χ0) is 15.2. The Morgan fingerprint density at radius 1 is 1.21 bits per heavy atom. The molecule has 19 heavy (non-hydrogen) atoms. The van der Waals surface area contributed by atoms with Crippen LogP contribution in [-0.4, -0.2) is 48.7 Å². The highest BCUT2D eigenvalue weighted by Gasteiger charge is 2.27. The molecule has 0 aromatic carbocycles. The van der Waals surface area contributed by atoms with E-state index in [1.165, 1.54) is 0 Å². The summed E-state index contributed by atoms with van der Waals surface area (Å²) in [4.78, 5) is 35.4. The molecule has 110 valence electrons. The fraction of sp³-hybridized carbons (Fsp3) is 0.750. The molecule has 2 N–H and O–H groups in total. The van der Waals surface area contributed by atoms with Crippen LogP contribution in [0.2, 0.25) is 0 Å². The number of nitrogens with zero attached hydrogens (tertiary/aromatic N) is 1. The third kappa shape index (κ3) is 8.15. The van der Waals surface area contributed by atoms with Crippen molar-refractivity contribution in [3.63, 3.8) is 0 Å². The van der Waals surface area contributed by atoms with E-state index in [-0.39, 0.29) is 12.8 Å². The van der Waals surface area contributed by atoms with Crippen LogP contribution in [-0.2, 0) is 19.1 Å². The van der Waals surface area contributed by atoms with Gasteiger partial charge in [-0.05, 0) is 41.3 Å². The van der Waals surface area contributed by atoms with Gasteiger partial charge in [-0.25, -0.2) is 9.59 Å². The summed E-state index contributed by atoms with van der Waals surface area (Å²) in [6.07, 6.45) is -0.834. The van der Waals surface area contributed by atoms with Crippen LogP contribution < -0.4 is 5.73 Å². The Balaban J connectivity index is 4.48. The number of likely N-dealkylation sites (N-methyl/N-ethyl adjacent to an activating group) is 1. The molecule has 0 rings (SSSR count). The minimum atomic E-state index is -1.05. The van der Waals surface area contributed by atoms with Gasteiger partial charge in [0.05, 0.1) is 0 Å². The van der Waals surface area contributed by atoms with E-state index in [2.05, 4.69) is 4.74 Å². The number of hydrogen-bond acceptors (Lipinski definition) is 6. The van der Waals surface area contributed by atoms with Crippen LogP contribution >= 0.6 is 0 Å². The molecule has 0 unspecified atom stereocenters. The quantitative estimate of drug-likeness (QED) is 0.584. The van der Waals surface area contributed by atoms with Gasteiger partial charge in [0.1, 0.15) is 11.6 Å². The van der Waals surface area contributed by atoms with Gasteiger partial charge < -0.3 is 15.2 Å². The van der Waals surface area contributed by atoms with E-state index in [4.69, 9.17) is 10.5 Å². The first kappa shape index (κ1) is 17.4. The van der Waals surface area contributed by atoms with Crippen molar-refractivity contribution in [2.45, 2.75) is 45.3 Å². The number of nitrogens with two attached hydrogens (primary N) is 1. The predicted octanol–water partition coefficient (Wildman–Crippen LogP) is 0.660. The second kappa shape index (κ2) is 7.08. The molecule has 1 atom stereocenters. The van der Waals surface area contributed by atoms with Crippen LogP contribution in [0, 0.1) is 0 Å². The molecular formula is C12H22N2O5. The summed E-state index contributed by atoms with van der Waals surface area (Å²) in [5.41, 5.74) is 4.29. The van der Waals surface area contributed by atoms with Gasteiger partial charge in [-0.1, -0.05) is 0 Å². The molecule has 0 aliphatic heterocycles. The summed E-state index contributed by atoms with van der Waals surface area (Å²) >= 11 is 0. The molecule has 0 spiro atoms. The van der Waals surface area contributed by atoms with Crippen LogP contribution in [0.25, 0.3) is 0 Å². The molecule has 0 aliphatic carbocycles. The first-order valence-corrected chi connectivity index (χ1v) is 5.92. The molecule has 0 radical (unpaired) electrons.